The first kappa shape index (κ1) is 28.0. The lowest BCUT2D eigenvalue weighted by atomic mass is 9.83. The monoisotopic (exact) mass is 564 g/mol. The summed E-state index contributed by atoms with van der Waals surface area (Å²) in [7, 11) is 0. The minimum Gasteiger partial charge on any atom is -0.508 e. The van der Waals surface area contributed by atoms with E-state index in [1.807, 2.05) is 47.4 Å². The normalized spacial score (nSPS) is 17.7. The summed E-state index contributed by atoms with van der Waals surface area (Å²) in [6, 6.07) is 26.4. The van der Waals surface area contributed by atoms with Crippen LogP contribution >= 0.6 is 0 Å². The van der Waals surface area contributed by atoms with Crippen LogP contribution in [0.4, 0.5) is 0 Å². The molecule has 0 saturated carbocycles. The Morgan fingerprint density at radius 3 is 2.45 bits per heavy atom. The van der Waals surface area contributed by atoms with Crippen LogP contribution < -0.4 is 10.6 Å². The fourth-order valence-electron chi connectivity index (χ4n) is 6.72. The summed E-state index contributed by atoms with van der Waals surface area (Å²) in [4.78, 5) is 28.2. The van der Waals surface area contributed by atoms with Gasteiger partial charge in [-0.2, -0.15) is 0 Å². The standard InChI is InChI=1S/C35H40N4O3/c40-28-17-15-26(16-18-28)32(25-9-2-1-3-10-25)33-29-12-4-5-13-30(29)39(24-19-27-11-6-20-36-27)34(33)35(42)37-21-8-23-38-22-7-14-31(38)41/h1-5,9-10,12-13,15-18,27,32,36,40H,6-8,11,14,19-24H2,(H,37,42). The third-order valence-electron chi connectivity index (χ3n) is 8.80. The first-order chi connectivity index (χ1) is 20.6. The van der Waals surface area contributed by atoms with Gasteiger partial charge in [0.1, 0.15) is 11.4 Å². The molecular weight excluding hydrogens is 524 g/mol. The number of benzene rings is 3. The van der Waals surface area contributed by atoms with Gasteiger partial charge in [0.2, 0.25) is 5.91 Å². The number of likely N-dealkylation sites (tertiary alicyclic amines) is 1. The minimum absolute atomic E-state index is 0.0898. The fourth-order valence-corrected chi connectivity index (χ4v) is 6.72. The molecule has 3 aromatic carbocycles. The van der Waals surface area contributed by atoms with Crippen LogP contribution in [0, 0.1) is 0 Å². The number of phenols is 1. The minimum atomic E-state index is -0.203. The Labute approximate surface area is 247 Å². The van der Waals surface area contributed by atoms with Gasteiger partial charge in [-0.05, 0) is 68.0 Å². The van der Waals surface area contributed by atoms with Crippen LogP contribution in [0.15, 0.2) is 78.9 Å². The molecule has 2 amide bonds. The number of amides is 2. The number of aryl methyl sites for hydroxylation is 1. The van der Waals surface area contributed by atoms with Crippen molar-refractivity contribution in [1.29, 1.82) is 0 Å². The molecule has 3 N–H and O–H groups in total. The van der Waals surface area contributed by atoms with Gasteiger partial charge in [0.05, 0.1) is 0 Å². The maximum atomic E-state index is 14.3. The molecule has 7 heteroatoms. The van der Waals surface area contributed by atoms with Crippen LogP contribution in [0.5, 0.6) is 5.75 Å². The molecule has 0 spiro atoms. The van der Waals surface area contributed by atoms with Crippen LogP contribution in [-0.2, 0) is 11.3 Å². The van der Waals surface area contributed by atoms with E-state index in [4.69, 9.17) is 0 Å². The number of aromatic hydroxyl groups is 1. The van der Waals surface area contributed by atoms with E-state index in [0.29, 0.717) is 31.2 Å². The summed E-state index contributed by atoms with van der Waals surface area (Å²) < 4.78 is 2.22. The van der Waals surface area contributed by atoms with Crippen molar-refractivity contribution in [3.05, 3.63) is 101 Å². The second-order valence-electron chi connectivity index (χ2n) is 11.5. The Morgan fingerprint density at radius 1 is 0.952 bits per heavy atom. The highest BCUT2D eigenvalue weighted by atomic mass is 16.3. The summed E-state index contributed by atoms with van der Waals surface area (Å²) in [6.07, 6.45) is 5.56. The predicted molar refractivity (Wildman–Crippen MR) is 166 cm³/mol. The number of hydrogen-bond donors (Lipinski definition) is 3. The third kappa shape index (κ3) is 5.93. The Bertz CT molecular complexity index is 1520. The summed E-state index contributed by atoms with van der Waals surface area (Å²) in [5, 5.41) is 18.0. The zero-order valence-electron chi connectivity index (χ0n) is 24.1. The van der Waals surface area contributed by atoms with Gasteiger partial charge >= 0.3 is 0 Å². The number of fused-ring (bicyclic) bond motifs is 1. The largest absolute Gasteiger partial charge is 0.508 e. The van der Waals surface area contributed by atoms with E-state index < -0.39 is 0 Å². The van der Waals surface area contributed by atoms with Gasteiger partial charge in [0, 0.05) is 61.0 Å². The number of aromatic nitrogens is 1. The lowest BCUT2D eigenvalue weighted by molar-refractivity contribution is -0.127. The number of para-hydroxylation sites is 1. The number of hydrogen-bond acceptors (Lipinski definition) is 4. The Morgan fingerprint density at radius 2 is 1.71 bits per heavy atom. The van der Waals surface area contributed by atoms with Crippen molar-refractivity contribution in [2.24, 2.45) is 0 Å². The van der Waals surface area contributed by atoms with E-state index in [-0.39, 0.29) is 23.5 Å². The van der Waals surface area contributed by atoms with Gasteiger partial charge in [-0.15, -0.1) is 0 Å². The molecule has 0 bridgehead atoms. The van der Waals surface area contributed by atoms with Crippen LogP contribution in [-0.4, -0.2) is 58.6 Å². The molecule has 2 aliphatic rings. The van der Waals surface area contributed by atoms with E-state index >= 15 is 0 Å². The topological polar surface area (TPSA) is 86.6 Å². The van der Waals surface area contributed by atoms with Crippen molar-refractivity contribution >= 4 is 22.7 Å². The van der Waals surface area contributed by atoms with Crippen LogP contribution in [0.3, 0.4) is 0 Å². The average molecular weight is 565 g/mol. The van der Waals surface area contributed by atoms with E-state index in [9.17, 15) is 14.7 Å². The van der Waals surface area contributed by atoms with Gasteiger partial charge in [0.15, 0.2) is 0 Å². The van der Waals surface area contributed by atoms with Crippen molar-refractivity contribution in [2.45, 2.75) is 57.0 Å². The first-order valence-corrected chi connectivity index (χ1v) is 15.3. The maximum absolute atomic E-state index is 14.3. The Hall–Kier alpha value is -4.10. The quantitative estimate of drug-likeness (QED) is 0.213. The Kier molecular flexibility index (Phi) is 8.56. The Balaban J connectivity index is 1.42. The molecule has 3 heterocycles. The van der Waals surface area contributed by atoms with E-state index in [2.05, 4.69) is 39.5 Å². The summed E-state index contributed by atoms with van der Waals surface area (Å²) in [5.74, 6) is 0.133. The average Bonchev–Trinajstić information content (AvgIpc) is 3.76. The smallest absolute Gasteiger partial charge is 0.268 e. The van der Waals surface area contributed by atoms with E-state index in [1.54, 1.807) is 12.1 Å². The summed E-state index contributed by atoms with van der Waals surface area (Å²) >= 11 is 0. The second kappa shape index (κ2) is 12.8. The SMILES string of the molecule is O=C(NCCCN1CCCC1=O)c1c(C(c2ccccc2)c2ccc(O)cc2)c2ccccc2n1CCC1CCCN1. The highest BCUT2D eigenvalue weighted by Gasteiger charge is 2.30. The second-order valence-corrected chi connectivity index (χ2v) is 11.5. The lowest BCUT2D eigenvalue weighted by Crippen LogP contribution is -2.32. The molecule has 4 aromatic rings. The highest BCUT2D eigenvalue weighted by Crippen LogP contribution is 2.40. The van der Waals surface area contributed by atoms with Crippen LogP contribution in [0.25, 0.3) is 10.9 Å². The zero-order valence-corrected chi connectivity index (χ0v) is 24.1. The number of nitrogens with zero attached hydrogens (tertiary/aromatic N) is 2. The van der Waals surface area contributed by atoms with Crippen molar-refractivity contribution < 1.29 is 14.7 Å². The molecule has 2 aliphatic heterocycles. The third-order valence-corrected chi connectivity index (χ3v) is 8.80. The van der Waals surface area contributed by atoms with Crippen molar-refractivity contribution in [2.75, 3.05) is 26.2 Å². The van der Waals surface area contributed by atoms with Crippen molar-refractivity contribution in [3.63, 3.8) is 0 Å². The van der Waals surface area contributed by atoms with Crippen LogP contribution in [0.2, 0.25) is 0 Å². The van der Waals surface area contributed by atoms with Gasteiger partial charge in [-0.1, -0.05) is 60.7 Å². The number of rotatable bonds is 11. The van der Waals surface area contributed by atoms with Gasteiger partial charge < -0.3 is 25.2 Å². The fraction of sp³-hybridized carbons (Fsp3) is 0.371. The van der Waals surface area contributed by atoms with Crippen molar-refractivity contribution in [1.82, 2.24) is 20.1 Å². The maximum Gasteiger partial charge on any atom is 0.268 e. The lowest BCUT2D eigenvalue weighted by Gasteiger charge is -2.22. The van der Waals surface area contributed by atoms with E-state index in [0.717, 1.165) is 72.9 Å². The predicted octanol–water partition coefficient (Wildman–Crippen LogP) is 5.41. The van der Waals surface area contributed by atoms with Gasteiger partial charge in [-0.25, -0.2) is 0 Å². The van der Waals surface area contributed by atoms with Crippen molar-refractivity contribution in [3.8, 4) is 5.75 Å². The molecule has 7 nitrogen and oxygen atoms in total. The highest BCUT2D eigenvalue weighted by molar-refractivity contribution is 6.03. The molecule has 2 saturated heterocycles. The number of carbonyl (C=O) groups is 2. The summed E-state index contributed by atoms with van der Waals surface area (Å²) in [6.45, 7) is 3.77. The number of phenolic OH excluding ortho intramolecular Hbond substituents is 1. The molecule has 1 aromatic heterocycles. The molecule has 2 unspecified atom stereocenters. The molecular formula is C35H40N4O3. The molecule has 218 valence electrons. The summed E-state index contributed by atoms with van der Waals surface area (Å²) in [5.41, 5.74) is 4.83. The number of nitrogens with one attached hydrogen (secondary N) is 2. The van der Waals surface area contributed by atoms with Gasteiger partial charge in [0.25, 0.3) is 5.91 Å². The molecule has 2 atom stereocenters. The molecule has 2 fully saturated rings. The molecule has 42 heavy (non-hydrogen) atoms. The van der Waals surface area contributed by atoms with Crippen LogP contribution in [0.1, 0.15) is 71.6 Å². The van der Waals surface area contributed by atoms with Gasteiger partial charge in [-0.3, -0.25) is 9.59 Å². The number of carbonyl (C=O) groups excluding carboxylic acids is 2. The first-order valence-electron chi connectivity index (χ1n) is 15.3. The molecule has 0 aliphatic carbocycles. The molecule has 0 radical (unpaired) electrons. The van der Waals surface area contributed by atoms with E-state index in [1.165, 1.54) is 6.42 Å². The molecule has 6 rings (SSSR count). The zero-order chi connectivity index (χ0) is 28.9.